The van der Waals surface area contributed by atoms with Gasteiger partial charge < -0.3 is 25.0 Å². The Morgan fingerprint density at radius 2 is 2.12 bits per heavy atom. The van der Waals surface area contributed by atoms with Crippen molar-refractivity contribution in [3.63, 3.8) is 0 Å². The third-order valence-corrected chi connectivity index (χ3v) is 6.84. The topological polar surface area (TPSA) is 106 Å². The number of hydrogen-bond acceptors (Lipinski definition) is 6. The Bertz CT molecular complexity index is 1350. The highest BCUT2D eigenvalue weighted by Gasteiger charge is 2.31. The van der Waals surface area contributed by atoms with Crippen LogP contribution in [-0.4, -0.2) is 62.6 Å². The Balaban J connectivity index is 1.48. The van der Waals surface area contributed by atoms with E-state index in [-0.39, 0.29) is 11.9 Å². The molecule has 3 N–H and O–H groups in total. The van der Waals surface area contributed by atoms with Gasteiger partial charge in [-0.1, -0.05) is 18.2 Å². The van der Waals surface area contributed by atoms with Gasteiger partial charge in [-0.15, -0.1) is 0 Å². The van der Waals surface area contributed by atoms with Gasteiger partial charge in [0.2, 0.25) is 0 Å². The summed E-state index contributed by atoms with van der Waals surface area (Å²) >= 11 is 0. The van der Waals surface area contributed by atoms with Gasteiger partial charge in [-0.05, 0) is 25.3 Å². The zero-order valence-electron chi connectivity index (χ0n) is 18.4. The number of amides is 1. The van der Waals surface area contributed by atoms with Gasteiger partial charge in [-0.3, -0.25) is 4.79 Å². The first-order valence-corrected chi connectivity index (χ1v) is 11.4. The smallest absolute Gasteiger partial charge is 0.257 e. The molecular weight excluding hydrogens is 420 g/mol. The van der Waals surface area contributed by atoms with Crippen molar-refractivity contribution in [1.82, 2.24) is 24.5 Å². The highest BCUT2D eigenvalue weighted by atomic mass is 16.5. The standard InChI is InChI=1S/C24H26N6O3/c1-25-22-10-19(17-12-29(14-8-9-33-13-14)20-5-3-2-4-15(17)20)27-23-16(11-26-30(22)23)24(32)28-18-6-7-21(18)31/h2-5,10-12,14,18,21,25,31H,6-9,13H2,1H3,(H,28,32). The van der Waals surface area contributed by atoms with E-state index in [1.165, 1.54) is 6.20 Å². The monoisotopic (exact) mass is 446 g/mol. The molecule has 0 bridgehead atoms. The van der Waals surface area contributed by atoms with Crippen LogP contribution in [0, 0.1) is 0 Å². The van der Waals surface area contributed by atoms with E-state index in [4.69, 9.17) is 9.72 Å². The van der Waals surface area contributed by atoms with Crippen molar-refractivity contribution in [3.8, 4) is 11.3 Å². The first kappa shape index (κ1) is 20.2. The second-order valence-corrected chi connectivity index (χ2v) is 8.78. The first-order chi connectivity index (χ1) is 16.1. The lowest BCUT2D eigenvalue weighted by molar-refractivity contribution is 0.0448. The van der Waals surface area contributed by atoms with Crippen LogP contribution in [0.1, 0.15) is 35.7 Å². The van der Waals surface area contributed by atoms with Crippen LogP contribution in [0.5, 0.6) is 0 Å². The van der Waals surface area contributed by atoms with E-state index < -0.39 is 6.10 Å². The summed E-state index contributed by atoms with van der Waals surface area (Å²) in [7, 11) is 1.82. The van der Waals surface area contributed by atoms with Crippen molar-refractivity contribution in [2.45, 2.75) is 37.5 Å². The number of rotatable bonds is 5. The van der Waals surface area contributed by atoms with Crippen LogP contribution in [0.4, 0.5) is 5.82 Å². The largest absolute Gasteiger partial charge is 0.391 e. The van der Waals surface area contributed by atoms with Crippen LogP contribution in [0.3, 0.4) is 0 Å². The van der Waals surface area contributed by atoms with Gasteiger partial charge in [-0.2, -0.15) is 9.61 Å². The van der Waals surface area contributed by atoms with Crippen LogP contribution >= 0.6 is 0 Å². The van der Waals surface area contributed by atoms with Crippen LogP contribution in [-0.2, 0) is 4.74 Å². The van der Waals surface area contributed by atoms with Crippen molar-refractivity contribution < 1.29 is 14.6 Å². The lowest BCUT2D eigenvalue weighted by Gasteiger charge is -2.32. The first-order valence-electron chi connectivity index (χ1n) is 11.4. The lowest BCUT2D eigenvalue weighted by Crippen LogP contribution is -2.50. The van der Waals surface area contributed by atoms with Crippen molar-refractivity contribution in [2.75, 3.05) is 25.6 Å². The van der Waals surface area contributed by atoms with Crippen LogP contribution < -0.4 is 10.6 Å². The molecule has 1 aromatic carbocycles. The molecule has 4 aromatic rings. The number of nitrogens with one attached hydrogen (secondary N) is 2. The summed E-state index contributed by atoms with van der Waals surface area (Å²) in [4.78, 5) is 17.8. The SMILES string of the molecule is CNc1cc(-c2cn(C3CCOC3)c3ccccc23)nc2c(C(=O)NC3CCC3O)cnn12. The average molecular weight is 447 g/mol. The van der Waals surface area contributed by atoms with Crippen LogP contribution in [0.2, 0.25) is 0 Å². The van der Waals surface area contributed by atoms with E-state index in [0.717, 1.165) is 47.4 Å². The molecule has 2 aliphatic rings. The van der Waals surface area contributed by atoms with E-state index >= 15 is 0 Å². The fourth-order valence-electron chi connectivity index (χ4n) is 4.79. The molecule has 33 heavy (non-hydrogen) atoms. The van der Waals surface area contributed by atoms with Gasteiger partial charge in [0, 0.05) is 42.4 Å². The predicted octanol–water partition coefficient (Wildman–Crippen LogP) is 2.61. The molecule has 9 heteroatoms. The molecule has 1 saturated heterocycles. The van der Waals surface area contributed by atoms with E-state index in [0.29, 0.717) is 30.3 Å². The molecule has 1 aliphatic heterocycles. The third-order valence-electron chi connectivity index (χ3n) is 6.84. The Kier molecular flexibility index (Phi) is 4.81. The second-order valence-electron chi connectivity index (χ2n) is 8.78. The summed E-state index contributed by atoms with van der Waals surface area (Å²) in [6.07, 6.45) is 5.65. The molecule has 0 radical (unpaired) electrons. The third kappa shape index (κ3) is 3.27. The number of aliphatic hydroxyl groups is 1. The van der Waals surface area contributed by atoms with E-state index in [2.05, 4.69) is 38.6 Å². The molecule has 3 unspecified atom stereocenters. The van der Waals surface area contributed by atoms with Gasteiger partial charge in [0.25, 0.3) is 5.91 Å². The zero-order valence-corrected chi connectivity index (χ0v) is 18.4. The number of carbonyl (C=O) groups excluding carboxylic acids is 1. The molecule has 2 fully saturated rings. The highest BCUT2D eigenvalue weighted by Crippen LogP contribution is 2.35. The fraction of sp³-hybridized carbons (Fsp3) is 0.375. The predicted molar refractivity (Wildman–Crippen MR) is 124 cm³/mol. The summed E-state index contributed by atoms with van der Waals surface area (Å²) in [6.45, 7) is 1.47. The van der Waals surface area contributed by atoms with E-state index in [1.54, 1.807) is 4.52 Å². The molecule has 170 valence electrons. The molecule has 1 aliphatic carbocycles. The van der Waals surface area contributed by atoms with E-state index in [1.807, 2.05) is 25.2 Å². The van der Waals surface area contributed by atoms with Gasteiger partial charge in [0.15, 0.2) is 5.65 Å². The Hall–Kier alpha value is -3.43. The normalized spacial score (nSPS) is 22.5. The summed E-state index contributed by atoms with van der Waals surface area (Å²) in [5.41, 5.74) is 3.77. The number of anilines is 1. The summed E-state index contributed by atoms with van der Waals surface area (Å²) in [6, 6.07) is 10.3. The number of hydrogen-bond donors (Lipinski definition) is 3. The minimum absolute atomic E-state index is 0.217. The number of carbonyl (C=O) groups is 1. The lowest BCUT2D eigenvalue weighted by atomic mass is 9.89. The second kappa shape index (κ2) is 7.86. The zero-order chi connectivity index (χ0) is 22.5. The quantitative estimate of drug-likeness (QED) is 0.435. The molecule has 4 heterocycles. The number of aliphatic hydroxyl groups excluding tert-OH is 1. The number of fused-ring (bicyclic) bond motifs is 2. The van der Waals surface area contributed by atoms with Crippen molar-refractivity contribution in [1.29, 1.82) is 0 Å². The molecule has 0 spiro atoms. The van der Waals surface area contributed by atoms with Gasteiger partial charge in [-0.25, -0.2) is 4.98 Å². The molecule has 1 amide bonds. The van der Waals surface area contributed by atoms with E-state index in [9.17, 15) is 9.90 Å². The Morgan fingerprint density at radius 3 is 2.85 bits per heavy atom. The van der Waals surface area contributed by atoms with Crippen molar-refractivity contribution in [3.05, 3.63) is 48.3 Å². The van der Waals surface area contributed by atoms with Crippen molar-refractivity contribution >= 4 is 28.3 Å². The minimum Gasteiger partial charge on any atom is -0.391 e. The maximum atomic E-state index is 13.0. The van der Waals surface area contributed by atoms with Gasteiger partial charge in [0.05, 0.1) is 36.7 Å². The number of benzene rings is 1. The molecule has 3 aromatic heterocycles. The number of para-hydroxylation sites is 1. The average Bonchev–Trinajstić information content (AvgIpc) is 3.58. The van der Waals surface area contributed by atoms with Crippen molar-refractivity contribution in [2.24, 2.45) is 0 Å². The Labute approximate surface area is 190 Å². The molecule has 1 saturated carbocycles. The summed E-state index contributed by atoms with van der Waals surface area (Å²) in [5.74, 6) is 0.463. The van der Waals surface area contributed by atoms with Crippen LogP contribution in [0.25, 0.3) is 27.8 Å². The molecule has 6 rings (SSSR count). The highest BCUT2D eigenvalue weighted by molar-refractivity contribution is 6.01. The van der Waals surface area contributed by atoms with Gasteiger partial charge in [0.1, 0.15) is 11.4 Å². The molecule has 3 atom stereocenters. The van der Waals surface area contributed by atoms with Crippen LogP contribution in [0.15, 0.2) is 42.7 Å². The fourth-order valence-corrected chi connectivity index (χ4v) is 4.79. The minimum atomic E-state index is -0.488. The maximum Gasteiger partial charge on any atom is 0.257 e. The number of aromatic nitrogens is 4. The Morgan fingerprint density at radius 1 is 1.24 bits per heavy atom. The number of nitrogens with zero attached hydrogens (tertiary/aromatic N) is 4. The maximum absolute atomic E-state index is 13.0. The molecule has 9 nitrogen and oxygen atoms in total. The summed E-state index contributed by atoms with van der Waals surface area (Å²) in [5, 5.41) is 21.4. The van der Waals surface area contributed by atoms with Gasteiger partial charge >= 0.3 is 0 Å². The molecular formula is C24H26N6O3. The summed E-state index contributed by atoms with van der Waals surface area (Å²) < 4.78 is 9.55. The number of ether oxygens (including phenoxy) is 1.